The van der Waals surface area contributed by atoms with Gasteiger partial charge in [0.25, 0.3) is 0 Å². The number of nitro groups is 1. The molecule has 1 unspecified atom stereocenters. The summed E-state index contributed by atoms with van der Waals surface area (Å²) < 4.78 is 0. The van der Waals surface area contributed by atoms with Gasteiger partial charge in [-0.05, 0) is 29.0 Å². The molecule has 0 aliphatic rings. The highest BCUT2D eigenvalue weighted by Gasteiger charge is 2.20. The van der Waals surface area contributed by atoms with Crippen LogP contribution in [0, 0.1) is 10.1 Å². The number of rotatable bonds is 4. The van der Waals surface area contributed by atoms with E-state index in [2.05, 4.69) is 10.3 Å². The van der Waals surface area contributed by atoms with Crippen LogP contribution in [-0.4, -0.2) is 40.9 Å². The second-order valence-electron chi connectivity index (χ2n) is 3.73. The number of likely N-dealkylation sites (N-methyl/N-ethyl adjacent to an activating group) is 1. The number of pyridine rings is 1. The molecule has 1 N–H and O–H groups in total. The molecule has 1 atom stereocenters. The molecule has 1 heterocycles. The number of carbonyl (C=O) groups excluding carboxylic acids is 1. The van der Waals surface area contributed by atoms with Gasteiger partial charge in [0.15, 0.2) is 0 Å². The molecule has 0 fully saturated rings. The van der Waals surface area contributed by atoms with Gasteiger partial charge in [-0.3, -0.25) is 4.79 Å². The molecule has 92 valence electrons. The number of carbonyl (C=O) groups is 1. The molecular formula is C10H14N4O3. The van der Waals surface area contributed by atoms with Gasteiger partial charge >= 0.3 is 5.82 Å². The Kier molecular flexibility index (Phi) is 3.97. The van der Waals surface area contributed by atoms with Crippen molar-refractivity contribution in [2.24, 2.45) is 0 Å². The van der Waals surface area contributed by atoms with E-state index in [1.54, 1.807) is 27.1 Å². The Morgan fingerprint density at radius 2 is 2.24 bits per heavy atom. The first-order chi connectivity index (χ1) is 7.93. The molecule has 0 radical (unpaired) electrons. The minimum Gasteiger partial charge on any atom is -0.367 e. The van der Waals surface area contributed by atoms with Crippen molar-refractivity contribution in [3.63, 3.8) is 0 Å². The van der Waals surface area contributed by atoms with Crippen molar-refractivity contribution in [3.05, 3.63) is 28.4 Å². The lowest BCUT2D eigenvalue weighted by atomic mass is 10.2. The van der Waals surface area contributed by atoms with Gasteiger partial charge in [0.05, 0.1) is 0 Å². The molecule has 1 aromatic rings. The summed E-state index contributed by atoms with van der Waals surface area (Å²) in [6, 6.07) is 2.54. The lowest BCUT2D eigenvalue weighted by molar-refractivity contribution is -0.388. The van der Waals surface area contributed by atoms with Crippen LogP contribution in [0.3, 0.4) is 0 Å². The Morgan fingerprint density at radius 3 is 2.76 bits per heavy atom. The van der Waals surface area contributed by atoms with Crippen molar-refractivity contribution in [1.29, 1.82) is 0 Å². The van der Waals surface area contributed by atoms with Crippen LogP contribution in [0.1, 0.15) is 6.92 Å². The van der Waals surface area contributed by atoms with E-state index in [4.69, 9.17) is 0 Å². The van der Waals surface area contributed by atoms with Crippen LogP contribution >= 0.6 is 0 Å². The zero-order valence-corrected chi connectivity index (χ0v) is 9.88. The van der Waals surface area contributed by atoms with Gasteiger partial charge in [0, 0.05) is 14.1 Å². The maximum atomic E-state index is 11.6. The molecule has 7 heteroatoms. The first kappa shape index (κ1) is 12.9. The monoisotopic (exact) mass is 238 g/mol. The number of hydrogen-bond donors (Lipinski definition) is 1. The maximum Gasteiger partial charge on any atom is 0.386 e. The highest BCUT2D eigenvalue weighted by Crippen LogP contribution is 2.20. The fourth-order valence-electron chi connectivity index (χ4n) is 1.34. The van der Waals surface area contributed by atoms with Crippen molar-refractivity contribution in [2.75, 3.05) is 19.4 Å². The Morgan fingerprint density at radius 1 is 1.59 bits per heavy atom. The number of aromatic nitrogens is 1. The molecule has 7 nitrogen and oxygen atoms in total. The number of amides is 1. The number of nitrogens with one attached hydrogen (secondary N) is 1. The molecule has 0 spiro atoms. The van der Waals surface area contributed by atoms with Crippen LogP contribution < -0.4 is 5.32 Å². The summed E-state index contributed by atoms with van der Waals surface area (Å²) in [6.07, 6.45) is 1.34. The molecule has 0 aromatic carbocycles. The highest BCUT2D eigenvalue weighted by molar-refractivity contribution is 5.84. The van der Waals surface area contributed by atoms with E-state index in [1.807, 2.05) is 0 Å². The Labute approximate surface area is 98.6 Å². The highest BCUT2D eigenvalue weighted by atomic mass is 16.6. The molecule has 1 aromatic heterocycles. The van der Waals surface area contributed by atoms with Crippen LogP contribution in [0.15, 0.2) is 18.3 Å². The smallest absolute Gasteiger partial charge is 0.367 e. The quantitative estimate of drug-likeness (QED) is 0.621. The Hall–Kier alpha value is -2.18. The molecule has 0 bridgehead atoms. The number of nitrogens with zero attached hydrogens (tertiary/aromatic N) is 3. The third-order valence-corrected chi connectivity index (χ3v) is 2.14. The summed E-state index contributed by atoms with van der Waals surface area (Å²) in [4.78, 5) is 26.8. The molecular weight excluding hydrogens is 224 g/mol. The van der Waals surface area contributed by atoms with Crippen LogP contribution in [-0.2, 0) is 4.79 Å². The van der Waals surface area contributed by atoms with Gasteiger partial charge in [-0.1, -0.05) is 0 Å². The summed E-state index contributed by atoms with van der Waals surface area (Å²) >= 11 is 0. The zero-order chi connectivity index (χ0) is 13.0. The second-order valence-corrected chi connectivity index (χ2v) is 3.73. The predicted molar refractivity (Wildman–Crippen MR) is 62.7 cm³/mol. The van der Waals surface area contributed by atoms with E-state index < -0.39 is 11.0 Å². The Balaban J connectivity index is 2.88. The van der Waals surface area contributed by atoms with Crippen LogP contribution in [0.5, 0.6) is 0 Å². The summed E-state index contributed by atoms with van der Waals surface area (Å²) in [5, 5.41) is 13.5. The number of hydrogen-bond acceptors (Lipinski definition) is 5. The fourth-order valence-corrected chi connectivity index (χ4v) is 1.34. The van der Waals surface area contributed by atoms with Crippen molar-refractivity contribution < 1.29 is 9.72 Å². The van der Waals surface area contributed by atoms with E-state index in [9.17, 15) is 14.9 Å². The molecule has 0 saturated heterocycles. The lowest BCUT2D eigenvalue weighted by Crippen LogP contribution is -2.36. The minimum atomic E-state index is -0.588. The first-order valence-electron chi connectivity index (χ1n) is 5.00. The van der Waals surface area contributed by atoms with Gasteiger partial charge < -0.3 is 20.3 Å². The van der Waals surface area contributed by atoms with Crippen molar-refractivity contribution in [1.82, 2.24) is 9.88 Å². The van der Waals surface area contributed by atoms with Crippen LogP contribution in [0.25, 0.3) is 0 Å². The largest absolute Gasteiger partial charge is 0.386 e. The molecule has 0 aliphatic heterocycles. The topological polar surface area (TPSA) is 88.4 Å². The van der Waals surface area contributed by atoms with Crippen molar-refractivity contribution in [2.45, 2.75) is 13.0 Å². The van der Waals surface area contributed by atoms with E-state index in [0.29, 0.717) is 0 Å². The van der Waals surface area contributed by atoms with Gasteiger partial charge in [-0.15, -0.1) is 0 Å². The zero-order valence-electron chi connectivity index (χ0n) is 9.88. The SMILES string of the molecule is CC(Nc1cccnc1[N+](=O)[O-])C(=O)N(C)C. The third kappa shape index (κ3) is 3.13. The summed E-state index contributed by atoms with van der Waals surface area (Å²) in [6.45, 7) is 1.64. The van der Waals surface area contributed by atoms with Crippen molar-refractivity contribution >= 4 is 17.4 Å². The molecule has 1 amide bonds. The normalized spacial score (nSPS) is 11.7. The second kappa shape index (κ2) is 5.24. The number of anilines is 1. The third-order valence-electron chi connectivity index (χ3n) is 2.14. The first-order valence-corrected chi connectivity index (χ1v) is 5.00. The van der Waals surface area contributed by atoms with Crippen LogP contribution in [0.2, 0.25) is 0 Å². The lowest BCUT2D eigenvalue weighted by Gasteiger charge is -2.18. The van der Waals surface area contributed by atoms with E-state index in [0.717, 1.165) is 0 Å². The summed E-state index contributed by atoms with van der Waals surface area (Å²) in [5.74, 6) is -0.450. The molecule has 17 heavy (non-hydrogen) atoms. The average molecular weight is 238 g/mol. The minimum absolute atomic E-state index is 0.164. The van der Waals surface area contributed by atoms with Gasteiger partial charge in [0.2, 0.25) is 5.91 Å². The standard InChI is InChI=1S/C10H14N4O3/c1-7(10(15)13(2)3)12-8-5-4-6-11-9(8)14(16)17/h4-7,12H,1-3H3. The predicted octanol–water partition coefficient (Wildman–Crippen LogP) is 0.878. The summed E-state index contributed by atoms with van der Waals surface area (Å²) in [7, 11) is 3.25. The molecule has 1 rings (SSSR count). The van der Waals surface area contributed by atoms with Crippen molar-refractivity contribution in [3.8, 4) is 0 Å². The van der Waals surface area contributed by atoms with E-state index in [-0.39, 0.29) is 17.4 Å². The molecule has 0 aliphatic carbocycles. The van der Waals surface area contributed by atoms with E-state index in [1.165, 1.54) is 17.2 Å². The maximum absolute atomic E-state index is 11.6. The van der Waals surface area contributed by atoms with Gasteiger partial charge in [-0.25, -0.2) is 0 Å². The van der Waals surface area contributed by atoms with Gasteiger partial charge in [-0.2, -0.15) is 0 Å². The summed E-state index contributed by atoms with van der Waals surface area (Å²) in [5.41, 5.74) is 0.236. The van der Waals surface area contributed by atoms with E-state index >= 15 is 0 Å². The Bertz CT molecular complexity index is 433. The average Bonchev–Trinajstić information content (AvgIpc) is 2.28. The fraction of sp³-hybridized carbons (Fsp3) is 0.400. The molecule has 0 saturated carbocycles. The van der Waals surface area contributed by atoms with Gasteiger partial charge in [0.1, 0.15) is 17.9 Å². The van der Waals surface area contributed by atoms with Crippen LogP contribution in [0.4, 0.5) is 11.5 Å².